The summed E-state index contributed by atoms with van der Waals surface area (Å²) in [6.07, 6.45) is 0. The Morgan fingerprint density at radius 2 is 2.07 bits per heavy atom. The molecule has 152 valence electrons. The van der Waals surface area contributed by atoms with Crippen molar-refractivity contribution >= 4 is 55.7 Å². The number of hydrogen-bond acceptors (Lipinski definition) is 6. The quantitative estimate of drug-likeness (QED) is 0.640. The summed E-state index contributed by atoms with van der Waals surface area (Å²) >= 11 is 7.63. The van der Waals surface area contributed by atoms with E-state index in [9.17, 15) is 4.79 Å². The first-order valence-electron chi connectivity index (χ1n) is 9.39. The summed E-state index contributed by atoms with van der Waals surface area (Å²) in [6.45, 7) is 4.46. The smallest absolute Gasteiger partial charge is 0.326 e. The van der Waals surface area contributed by atoms with E-state index in [4.69, 9.17) is 22.1 Å². The van der Waals surface area contributed by atoms with Crippen LogP contribution in [0.3, 0.4) is 0 Å². The van der Waals surface area contributed by atoms with Gasteiger partial charge in [0, 0.05) is 31.9 Å². The molecule has 0 atom stereocenters. The number of fused-ring (bicyclic) bond motifs is 1. The lowest BCUT2D eigenvalue weighted by atomic mass is 10.2. The van der Waals surface area contributed by atoms with Gasteiger partial charge >= 0.3 is 6.03 Å². The van der Waals surface area contributed by atoms with E-state index in [0.29, 0.717) is 22.4 Å². The van der Waals surface area contributed by atoms with Crippen molar-refractivity contribution in [2.75, 3.05) is 55.3 Å². The van der Waals surface area contributed by atoms with Crippen LogP contribution in [0.15, 0.2) is 42.5 Å². The van der Waals surface area contributed by atoms with E-state index in [2.05, 4.69) is 15.2 Å². The van der Waals surface area contributed by atoms with E-state index in [1.54, 1.807) is 17.0 Å². The third-order valence-electron chi connectivity index (χ3n) is 4.80. The monoisotopic (exact) mass is 431 g/mol. The molecule has 0 bridgehead atoms. The first kappa shape index (κ1) is 19.9. The summed E-state index contributed by atoms with van der Waals surface area (Å²) in [5.74, 6) is 0. The molecule has 0 unspecified atom stereocenters. The molecule has 3 N–H and O–H groups in total. The third kappa shape index (κ3) is 4.79. The van der Waals surface area contributed by atoms with Crippen molar-refractivity contribution in [2.45, 2.75) is 0 Å². The van der Waals surface area contributed by atoms with Crippen molar-refractivity contribution in [1.29, 1.82) is 0 Å². The van der Waals surface area contributed by atoms with E-state index < -0.39 is 0 Å². The first-order valence-corrected chi connectivity index (χ1v) is 10.6. The molecular formula is C20H22ClN5O2S. The lowest BCUT2D eigenvalue weighted by molar-refractivity contribution is 0.0393. The molecule has 1 aromatic heterocycles. The number of anilines is 3. The summed E-state index contributed by atoms with van der Waals surface area (Å²) in [7, 11) is 0. The number of ether oxygens (including phenoxy) is 1. The standard InChI is InChI=1S/C20H22ClN5O2S/c21-15-3-1-2-4-16(15)24-20(27)26(8-7-25-9-11-28-12-10-25)14-5-6-17-18(13-14)29-19(22)23-17/h1-6,13H,7-12H2,(H2,22,23)(H,24,27). The van der Waals surface area contributed by atoms with Crippen LogP contribution in [0.4, 0.5) is 21.3 Å². The third-order valence-corrected chi connectivity index (χ3v) is 5.98. The number of hydrogen-bond donors (Lipinski definition) is 2. The van der Waals surface area contributed by atoms with Gasteiger partial charge in [0.2, 0.25) is 0 Å². The SMILES string of the molecule is Nc1nc2ccc(N(CCN3CCOCC3)C(=O)Nc3ccccc3Cl)cc2s1. The maximum atomic E-state index is 13.2. The average Bonchev–Trinajstić information content (AvgIpc) is 3.10. The Bertz CT molecular complexity index is 1010. The van der Waals surface area contributed by atoms with E-state index in [-0.39, 0.29) is 6.03 Å². The predicted octanol–water partition coefficient (Wildman–Crippen LogP) is 3.90. The number of halogens is 1. The van der Waals surface area contributed by atoms with Crippen molar-refractivity contribution in [1.82, 2.24) is 9.88 Å². The normalized spacial score (nSPS) is 14.8. The minimum Gasteiger partial charge on any atom is -0.379 e. The van der Waals surface area contributed by atoms with Crippen LogP contribution < -0.4 is 16.0 Å². The molecule has 1 fully saturated rings. The zero-order chi connectivity index (χ0) is 20.2. The van der Waals surface area contributed by atoms with Crippen molar-refractivity contribution in [3.8, 4) is 0 Å². The average molecular weight is 432 g/mol. The number of carbonyl (C=O) groups is 1. The molecule has 0 spiro atoms. The van der Waals surface area contributed by atoms with Crippen LogP contribution >= 0.6 is 22.9 Å². The van der Waals surface area contributed by atoms with Gasteiger partial charge in [-0.05, 0) is 30.3 Å². The number of aromatic nitrogens is 1. The maximum Gasteiger partial charge on any atom is 0.326 e. The molecule has 9 heteroatoms. The van der Waals surface area contributed by atoms with Gasteiger partial charge in [0.1, 0.15) is 0 Å². The topological polar surface area (TPSA) is 83.7 Å². The van der Waals surface area contributed by atoms with Crippen LogP contribution in [0.2, 0.25) is 5.02 Å². The number of para-hydroxylation sites is 1. The van der Waals surface area contributed by atoms with Gasteiger partial charge in [0.05, 0.1) is 34.1 Å². The molecule has 7 nitrogen and oxygen atoms in total. The van der Waals surface area contributed by atoms with Crippen LogP contribution in [-0.2, 0) is 4.74 Å². The number of amides is 2. The van der Waals surface area contributed by atoms with Gasteiger partial charge < -0.3 is 15.8 Å². The molecule has 29 heavy (non-hydrogen) atoms. The number of rotatable bonds is 5. The van der Waals surface area contributed by atoms with Gasteiger partial charge in [-0.2, -0.15) is 0 Å². The Kier molecular flexibility index (Phi) is 6.15. The highest BCUT2D eigenvalue weighted by atomic mass is 35.5. The van der Waals surface area contributed by atoms with Crippen LogP contribution in [0.25, 0.3) is 10.2 Å². The second-order valence-corrected chi connectivity index (χ2v) is 8.19. The summed E-state index contributed by atoms with van der Waals surface area (Å²) in [5, 5.41) is 3.94. The zero-order valence-corrected chi connectivity index (χ0v) is 17.4. The number of nitrogen functional groups attached to an aromatic ring is 1. The minimum atomic E-state index is -0.233. The molecule has 2 aromatic carbocycles. The van der Waals surface area contributed by atoms with Crippen molar-refractivity contribution in [3.05, 3.63) is 47.5 Å². The Hall–Kier alpha value is -2.39. The molecule has 0 saturated carbocycles. The molecule has 2 amide bonds. The van der Waals surface area contributed by atoms with Crippen LogP contribution in [0.1, 0.15) is 0 Å². The molecule has 0 radical (unpaired) electrons. The van der Waals surface area contributed by atoms with Crippen LogP contribution in [-0.4, -0.2) is 55.3 Å². The fraction of sp³-hybridized carbons (Fsp3) is 0.300. The predicted molar refractivity (Wildman–Crippen MR) is 119 cm³/mol. The van der Waals surface area contributed by atoms with Gasteiger partial charge in [-0.25, -0.2) is 9.78 Å². The van der Waals surface area contributed by atoms with Gasteiger partial charge in [0.25, 0.3) is 0 Å². The molecule has 4 rings (SSSR count). The van der Waals surface area contributed by atoms with E-state index in [1.165, 1.54) is 11.3 Å². The molecule has 2 heterocycles. The van der Waals surface area contributed by atoms with Crippen molar-refractivity contribution < 1.29 is 9.53 Å². The fourth-order valence-corrected chi connectivity index (χ4v) is 4.21. The Labute approximate surface area is 178 Å². The summed E-state index contributed by atoms with van der Waals surface area (Å²) in [6, 6.07) is 12.7. The number of thiazole rings is 1. The highest BCUT2D eigenvalue weighted by Crippen LogP contribution is 2.29. The van der Waals surface area contributed by atoms with Crippen LogP contribution in [0, 0.1) is 0 Å². The first-order chi connectivity index (χ1) is 14.1. The summed E-state index contributed by atoms with van der Waals surface area (Å²) < 4.78 is 6.36. The number of morpholine rings is 1. The number of urea groups is 1. The largest absolute Gasteiger partial charge is 0.379 e. The van der Waals surface area contributed by atoms with E-state index in [1.807, 2.05) is 30.3 Å². The van der Waals surface area contributed by atoms with Gasteiger partial charge in [-0.1, -0.05) is 35.1 Å². The zero-order valence-electron chi connectivity index (χ0n) is 15.8. The molecule has 1 saturated heterocycles. The molecule has 0 aliphatic carbocycles. The van der Waals surface area contributed by atoms with Gasteiger partial charge in [-0.3, -0.25) is 9.80 Å². The fourth-order valence-electron chi connectivity index (χ4n) is 3.26. The van der Waals surface area contributed by atoms with Gasteiger partial charge in [0.15, 0.2) is 5.13 Å². The summed E-state index contributed by atoms with van der Waals surface area (Å²) in [4.78, 5) is 21.5. The van der Waals surface area contributed by atoms with Crippen molar-refractivity contribution in [3.63, 3.8) is 0 Å². The molecule has 1 aliphatic rings. The second-order valence-electron chi connectivity index (χ2n) is 6.72. The second kappa shape index (κ2) is 8.96. The highest BCUT2D eigenvalue weighted by molar-refractivity contribution is 7.22. The Balaban J connectivity index is 1.58. The molecular weight excluding hydrogens is 410 g/mol. The Morgan fingerprint density at radius 3 is 2.86 bits per heavy atom. The van der Waals surface area contributed by atoms with Crippen molar-refractivity contribution in [2.24, 2.45) is 0 Å². The summed E-state index contributed by atoms with van der Waals surface area (Å²) in [5.41, 5.74) is 8.04. The number of benzene rings is 2. The Morgan fingerprint density at radius 1 is 1.28 bits per heavy atom. The van der Waals surface area contributed by atoms with E-state index in [0.717, 1.165) is 48.8 Å². The highest BCUT2D eigenvalue weighted by Gasteiger charge is 2.20. The number of nitrogens with one attached hydrogen (secondary N) is 1. The lowest BCUT2D eigenvalue weighted by Gasteiger charge is -2.30. The number of nitrogens with zero attached hydrogens (tertiary/aromatic N) is 3. The number of nitrogens with two attached hydrogens (primary N) is 1. The lowest BCUT2D eigenvalue weighted by Crippen LogP contribution is -2.44. The number of carbonyl (C=O) groups excluding carboxylic acids is 1. The van der Waals surface area contributed by atoms with E-state index >= 15 is 0 Å². The molecule has 3 aromatic rings. The van der Waals surface area contributed by atoms with Gasteiger partial charge in [-0.15, -0.1) is 0 Å². The minimum absolute atomic E-state index is 0.233. The molecule has 1 aliphatic heterocycles. The maximum absolute atomic E-state index is 13.2. The van der Waals surface area contributed by atoms with Crippen LogP contribution in [0.5, 0.6) is 0 Å².